The first-order valence-corrected chi connectivity index (χ1v) is 9.36. The van der Waals surface area contributed by atoms with Gasteiger partial charge in [0, 0.05) is 11.1 Å². The van der Waals surface area contributed by atoms with E-state index in [1.165, 1.54) is 38.5 Å². The van der Waals surface area contributed by atoms with Crippen LogP contribution in [-0.2, 0) is 19.4 Å². The highest BCUT2D eigenvalue weighted by Crippen LogP contribution is 2.26. The molecule has 2 aliphatic carbocycles. The van der Waals surface area contributed by atoms with Gasteiger partial charge in [0.2, 0.25) is 0 Å². The maximum atomic E-state index is 11.9. The van der Waals surface area contributed by atoms with Gasteiger partial charge >= 0.3 is 11.9 Å². The molecular formula is C20H30O4. The first-order valence-electron chi connectivity index (χ1n) is 9.36. The summed E-state index contributed by atoms with van der Waals surface area (Å²) < 4.78 is 0. The van der Waals surface area contributed by atoms with Crippen molar-refractivity contribution >= 4 is 11.9 Å². The van der Waals surface area contributed by atoms with E-state index in [0.29, 0.717) is 23.0 Å². The maximum absolute atomic E-state index is 11.9. The van der Waals surface area contributed by atoms with Crippen LogP contribution in [0.25, 0.3) is 0 Å². The van der Waals surface area contributed by atoms with E-state index in [9.17, 15) is 9.59 Å². The van der Waals surface area contributed by atoms with E-state index >= 15 is 0 Å². The Labute approximate surface area is 145 Å². The van der Waals surface area contributed by atoms with Crippen molar-refractivity contribution in [2.24, 2.45) is 11.8 Å². The van der Waals surface area contributed by atoms with Gasteiger partial charge in [-0.25, -0.2) is 19.4 Å². The number of carbonyl (C=O) groups excluding carboxylic acids is 2. The number of carbonyl (C=O) groups is 2. The highest BCUT2D eigenvalue weighted by atomic mass is 17.2. The zero-order chi connectivity index (χ0) is 17.4. The van der Waals surface area contributed by atoms with E-state index in [4.69, 9.17) is 9.78 Å². The number of hydrogen-bond acceptors (Lipinski definition) is 4. The quantitative estimate of drug-likeness (QED) is 0.410. The molecule has 0 N–H and O–H groups in total. The molecule has 0 radical (unpaired) electrons. The maximum Gasteiger partial charge on any atom is 0.381 e. The Kier molecular flexibility index (Phi) is 7.54. The average molecular weight is 334 g/mol. The Morgan fingerprint density at radius 3 is 1.33 bits per heavy atom. The van der Waals surface area contributed by atoms with Gasteiger partial charge in [-0.1, -0.05) is 50.7 Å². The Balaban J connectivity index is 1.78. The largest absolute Gasteiger partial charge is 0.381 e. The highest BCUT2D eigenvalue weighted by Gasteiger charge is 2.18. The lowest BCUT2D eigenvalue weighted by molar-refractivity contribution is -0.252. The summed E-state index contributed by atoms with van der Waals surface area (Å²) in [5, 5.41) is 0. The fourth-order valence-electron chi connectivity index (χ4n) is 3.65. The van der Waals surface area contributed by atoms with E-state index in [0.717, 1.165) is 25.7 Å². The van der Waals surface area contributed by atoms with Gasteiger partial charge in [-0.05, 0) is 51.4 Å². The number of hydrogen-bond donors (Lipinski definition) is 0. The molecule has 0 unspecified atom stereocenters. The zero-order valence-electron chi connectivity index (χ0n) is 15.0. The SMILES string of the molecule is CC(=CC1CCCCC1)C(=O)OOC(=O)C(C)=CC1CCCCC1. The zero-order valence-corrected chi connectivity index (χ0v) is 15.0. The fraction of sp³-hybridized carbons (Fsp3) is 0.700. The monoisotopic (exact) mass is 334 g/mol. The Morgan fingerprint density at radius 1 is 0.667 bits per heavy atom. The topological polar surface area (TPSA) is 52.6 Å². The van der Waals surface area contributed by atoms with Crippen LogP contribution in [0.15, 0.2) is 23.3 Å². The van der Waals surface area contributed by atoms with E-state index in [1.807, 2.05) is 12.2 Å². The van der Waals surface area contributed by atoms with Gasteiger partial charge in [0.15, 0.2) is 0 Å². The van der Waals surface area contributed by atoms with E-state index in [1.54, 1.807) is 13.8 Å². The van der Waals surface area contributed by atoms with Gasteiger partial charge in [-0.3, -0.25) is 0 Å². The third kappa shape index (κ3) is 6.14. The summed E-state index contributed by atoms with van der Waals surface area (Å²) in [6.45, 7) is 3.44. The Bertz CT molecular complexity index is 446. The predicted molar refractivity (Wildman–Crippen MR) is 92.8 cm³/mol. The third-order valence-electron chi connectivity index (χ3n) is 5.11. The fourth-order valence-corrected chi connectivity index (χ4v) is 3.65. The minimum Gasteiger partial charge on any atom is -0.242 e. The van der Waals surface area contributed by atoms with Crippen molar-refractivity contribution in [3.05, 3.63) is 23.3 Å². The summed E-state index contributed by atoms with van der Waals surface area (Å²) >= 11 is 0. The molecule has 2 fully saturated rings. The van der Waals surface area contributed by atoms with Crippen molar-refractivity contribution in [1.82, 2.24) is 0 Å². The lowest BCUT2D eigenvalue weighted by Crippen LogP contribution is -2.15. The lowest BCUT2D eigenvalue weighted by atomic mass is 9.88. The summed E-state index contributed by atoms with van der Waals surface area (Å²) in [6.07, 6.45) is 15.8. The second kappa shape index (κ2) is 9.65. The van der Waals surface area contributed by atoms with Crippen molar-refractivity contribution in [1.29, 1.82) is 0 Å². The molecule has 134 valence electrons. The molecule has 2 rings (SSSR count). The first kappa shape index (κ1) is 18.8. The number of rotatable bonds is 4. The van der Waals surface area contributed by atoms with Crippen LogP contribution >= 0.6 is 0 Å². The second-order valence-electron chi connectivity index (χ2n) is 7.24. The van der Waals surface area contributed by atoms with Crippen molar-refractivity contribution in [3.63, 3.8) is 0 Å². The van der Waals surface area contributed by atoms with Crippen LogP contribution in [0.3, 0.4) is 0 Å². The molecule has 4 heteroatoms. The van der Waals surface area contributed by atoms with Crippen LogP contribution in [-0.4, -0.2) is 11.9 Å². The molecule has 0 spiro atoms. The first-order chi connectivity index (χ1) is 11.6. The van der Waals surface area contributed by atoms with Crippen molar-refractivity contribution in [2.75, 3.05) is 0 Å². The molecule has 0 saturated heterocycles. The molecule has 2 aliphatic rings. The van der Waals surface area contributed by atoms with E-state index in [2.05, 4.69) is 0 Å². The molecule has 24 heavy (non-hydrogen) atoms. The van der Waals surface area contributed by atoms with Crippen LogP contribution < -0.4 is 0 Å². The van der Waals surface area contributed by atoms with Crippen LogP contribution in [0.1, 0.15) is 78.1 Å². The van der Waals surface area contributed by atoms with Crippen LogP contribution in [0.2, 0.25) is 0 Å². The minimum atomic E-state index is -0.570. The molecule has 4 nitrogen and oxygen atoms in total. The molecule has 0 amide bonds. The van der Waals surface area contributed by atoms with E-state index in [-0.39, 0.29) is 0 Å². The van der Waals surface area contributed by atoms with Crippen LogP contribution in [0.4, 0.5) is 0 Å². The summed E-state index contributed by atoms with van der Waals surface area (Å²) in [5.41, 5.74) is 1.03. The average Bonchev–Trinajstić information content (AvgIpc) is 2.61. The minimum absolute atomic E-state index is 0.440. The molecule has 0 heterocycles. The highest BCUT2D eigenvalue weighted by molar-refractivity contribution is 5.90. The van der Waals surface area contributed by atoms with Gasteiger partial charge in [-0.15, -0.1) is 0 Å². The normalized spacial score (nSPS) is 21.4. The van der Waals surface area contributed by atoms with Crippen molar-refractivity contribution in [3.8, 4) is 0 Å². The summed E-state index contributed by atoms with van der Waals surface area (Å²) in [5.74, 6) is -0.261. The van der Waals surface area contributed by atoms with Crippen LogP contribution in [0.5, 0.6) is 0 Å². The molecule has 0 atom stereocenters. The van der Waals surface area contributed by atoms with Gasteiger partial charge in [-0.2, -0.15) is 0 Å². The van der Waals surface area contributed by atoms with Gasteiger partial charge in [0.25, 0.3) is 0 Å². The standard InChI is InChI=1S/C20H30O4/c1-15(13-17-9-5-3-6-10-17)19(21)23-24-20(22)16(2)14-18-11-7-4-8-12-18/h13-14,17-18H,3-12H2,1-2H3. The summed E-state index contributed by atoms with van der Waals surface area (Å²) in [4.78, 5) is 33.3. The molecular weight excluding hydrogens is 304 g/mol. The third-order valence-corrected chi connectivity index (χ3v) is 5.11. The van der Waals surface area contributed by atoms with E-state index < -0.39 is 11.9 Å². The smallest absolute Gasteiger partial charge is 0.242 e. The Morgan fingerprint density at radius 2 is 1.00 bits per heavy atom. The summed E-state index contributed by atoms with van der Waals surface area (Å²) in [6, 6.07) is 0. The molecule has 0 aliphatic heterocycles. The van der Waals surface area contributed by atoms with Crippen LogP contribution in [0, 0.1) is 11.8 Å². The Hall–Kier alpha value is -1.58. The molecule has 0 aromatic heterocycles. The van der Waals surface area contributed by atoms with Gasteiger partial charge < -0.3 is 0 Å². The molecule has 0 aromatic rings. The van der Waals surface area contributed by atoms with Gasteiger partial charge in [0.1, 0.15) is 0 Å². The second-order valence-corrected chi connectivity index (χ2v) is 7.24. The summed E-state index contributed by atoms with van der Waals surface area (Å²) in [7, 11) is 0. The number of allylic oxidation sites excluding steroid dienone is 2. The van der Waals surface area contributed by atoms with Crippen molar-refractivity contribution < 1.29 is 19.4 Å². The molecule has 2 saturated carbocycles. The molecule has 0 bridgehead atoms. The molecule has 0 aromatic carbocycles. The predicted octanol–water partition coefficient (Wildman–Crippen LogP) is 5.04. The van der Waals surface area contributed by atoms with Gasteiger partial charge in [0.05, 0.1) is 0 Å². The van der Waals surface area contributed by atoms with Crippen molar-refractivity contribution in [2.45, 2.75) is 78.1 Å². The lowest BCUT2D eigenvalue weighted by Gasteiger charge is -2.18.